The zero-order chi connectivity index (χ0) is 18.5. The number of carboxylic acid groups (broad SMARTS) is 1. The number of likely N-dealkylation sites (tertiary alicyclic amines) is 1. The lowest BCUT2D eigenvalue weighted by Crippen LogP contribution is -2.35. The number of amides is 2. The van der Waals surface area contributed by atoms with Crippen LogP contribution in [0.25, 0.3) is 0 Å². The molecule has 0 radical (unpaired) electrons. The Morgan fingerprint density at radius 3 is 2.15 bits per heavy atom. The van der Waals surface area contributed by atoms with Crippen LogP contribution in [0.1, 0.15) is 42.5 Å². The predicted octanol–water partition coefficient (Wildman–Crippen LogP) is 2.92. The molecule has 0 saturated carbocycles. The second-order valence-electron chi connectivity index (χ2n) is 6.91. The fourth-order valence-corrected chi connectivity index (χ4v) is 3.59. The second-order valence-corrected chi connectivity index (χ2v) is 6.91. The van der Waals surface area contributed by atoms with Crippen LogP contribution in [-0.2, 0) is 9.59 Å². The first-order valence-electron chi connectivity index (χ1n) is 9.14. The minimum absolute atomic E-state index is 0.0194. The standard InChI is InChI=1S/C20H24N2O4/c23-18(16-6-2-3-7-17(16)20(25)26)21-15-10-8-14(9-11-15)19(24)22-12-4-1-5-13-22/h2-3,8-11,16-17H,1,4-7,12-13H2,(H,21,23)(H,25,26)/t16-,17+/m0/s1. The Labute approximate surface area is 152 Å². The highest BCUT2D eigenvalue weighted by molar-refractivity contribution is 5.97. The molecule has 2 aliphatic rings. The first-order valence-corrected chi connectivity index (χ1v) is 9.14. The van der Waals surface area contributed by atoms with Crippen LogP contribution >= 0.6 is 0 Å². The highest BCUT2D eigenvalue weighted by Gasteiger charge is 2.33. The van der Waals surface area contributed by atoms with E-state index in [1.807, 2.05) is 17.1 Å². The average Bonchev–Trinajstić information content (AvgIpc) is 2.68. The maximum Gasteiger partial charge on any atom is 0.307 e. The number of anilines is 1. The molecule has 6 heteroatoms. The van der Waals surface area contributed by atoms with Crippen molar-refractivity contribution in [2.45, 2.75) is 32.1 Å². The Kier molecular flexibility index (Phi) is 5.71. The summed E-state index contributed by atoms with van der Waals surface area (Å²) in [5.74, 6) is -2.49. The summed E-state index contributed by atoms with van der Waals surface area (Å²) in [6.45, 7) is 1.59. The summed E-state index contributed by atoms with van der Waals surface area (Å²) in [6, 6.07) is 6.82. The molecule has 0 bridgehead atoms. The number of hydrogen-bond donors (Lipinski definition) is 2. The molecule has 3 rings (SSSR count). The summed E-state index contributed by atoms with van der Waals surface area (Å²) < 4.78 is 0. The maximum absolute atomic E-state index is 12.5. The largest absolute Gasteiger partial charge is 0.481 e. The van der Waals surface area contributed by atoms with E-state index in [0.717, 1.165) is 25.9 Å². The van der Waals surface area contributed by atoms with Crippen molar-refractivity contribution in [1.29, 1.82) is 0 Å². The molecular weight excluding hydrogens is 332 g/mol. The molecule has 1 fully saturated rings. The molecule has 1 aromatic carbocycles. The van der Waals surface area contributed by atoms with Crippen LogP contribution in [0.4, 0.5) is 5.69 Å². The third-order valence-electron chi connectivity index (χ3n) is 5.13. The summed E-state index contributed by atoms with van der Waals surface area (Å²) in [7, 11) is 0. The molecule has 1 saturated heterocycles. The van der Waals surface area contributed by atoms with E-state index in [9.17, 15) is 19.5 Å². The fraction of sp³-hybridized carbons (Fsp3) is 0.450. The van der Waals surface area contributed by atoms with Crippen LogP contribution < -0.4 is 5.32 Å². The third-order valence-corrected chi connectivity index (χ3v) is 5.13. The second kappa shape index (κ2) is 8.17. The molecule has 1 aromatic rings. The number of carboxylic acids is 1. The maximum atomic E-state index is 12.5. The number of hydrogen-bond acceptors (Lipinski definition) is 3. The average molecular weight is 356 g/mol. The lowest BCUT2D eigenvalue weighted by molar-refractivity contribution is -0.146. The van der Waals surface area contributed by atoms with Crippen molar-refractivity contribution < 1.29 is 19.5 Å². The van der Waals surface area contributed by atoms with E-state index in [1.54, 1.807) is 24.3 Å². The van der Waals surface area contributed by atoms with Gasteiger partial charge in [0.2, 0.25) is 5.91 Å². The zero-order valence-corrected chi connectivity index (χ0v) is 14.7. The highest BCUT2D eigenvalue weighted by Crippen LogP contribution is 2.27. The Morgan fingerprint density at radius 2 is 1.54 bits per heavy atom. The molecule has 6 nitrogen and oxygen atoms in total. The predicted molar refractivity (Wildman–Crippen MR) is 97.8 cm³/mol. The van der Waals surface area contributed by atoms with E-state index >= 15 is 0 Å². The molecule has 2 N–H and O–H groups in total. The molecule has 1 heterocycles. The lowest BCUT2D eigenvalue weighted by Gasteiger charge is -2.27. The monoisotopic (exact) mass is 356 g/mol. The van der Waals surface area contributed by atoms with Gasteiger partial charge in [-0.1, -0.05) is 12.2 Å². The van der Waals surface area contributed by atoms with Gasteiger partial charge in [-0.05, 0) is 56.4 Å². The van der Waals surface area contributed by atoms with Gasteiger partial charge in [0, 0.05) is 24.3 Å². The van der Waals surface area contributed by atoms with E-state index < -0.39 is 17.8 Å². The van der Waals surface area contributed by atoms with Crippen LogP contribution in [0.15, 0.2) is 36.4 Å². The molecule has 2 atom stereocenters. The zero-order valence-electron chi connectivity index (χ0n) is 14.7. The van der Waals surface area contributed by atoms with Crippen molar-refractivity contribution in [3.63, 3.8) is 0 Å². The number of nitrogens with one attached hydrogen (secondary N) is 1. The summed E-state index contributed by atoms with van der Waals surface area (Å²) >= 11 is 0. The van der Waals surface area contributed by atoms with Crippen LogP contribution in [0.2, 0.25) is 0 Å². The normalized spacial score (nSPS) is 22.7. The highest BCUT2D eigenvalue weighted by atomic mass is 16.4. The number of aliphatic carboxylic acids is 1. The SMILES string of the molecule is O=C(Nc1ccc(C(=O)N2CCCCC2)cc1)[C@H]1CC=CC[C@H]1C(=O)O. The van der Waals surface area contributed by atoms with Crippen LogP contribution in [0.3, 0.4) is 0 Å². The lowest BCUT2D eigenvalue weighted by atomic mass is 9.82. The minimum Gasteiger partial charge on any atom is -0.481 e. The number of carbonyl (C=O) groups excluding carboxylic acids is 2. The number of nitrogens with zero attached hydrogens (tertiary/aromatic N) is 1. The Bertz CT molecular complexity index is 705. The molecule has 138 valence electrons. The summed E-state index contributed by atoms with van der Waals surface area (Å²) in [5.41, 5.74) is 1.18. The van der Waals surface area contributed by atoms with Gasteiger partial charge in [-0.3, -0.25) is 14.4 Å². The van der Waals surface area contributed by atoms with Gasteiger partial charge < -0.3 is 15.3 Å². The first kappa shape index (κ1) is 18.2. The third kappa shape index (κ3) is 4.12. The summed E-state index contributed by atoms with van der Waals surface area (Å²) in [4.78, 5) is 38.1. The molecule has 0 aromatic heterocycles. The molecule has 1 aliphatic heterocycles. The van der Waals surface area contributed by atoms with Gasteiger partial charge in [-0.25, -0.2) is 0 Å². The minimum atomic E-state index is -0.947. The van der Waals surface area contributed by atoms with Crippen LogP contribution in [-0.4, -0.2) is 40.9 Å². The molecule has 1 aliphatic carbocycles. The van der Waals surface area contributed by atoms with E-state index in [2.05, 4.69) is 5.32 Å². The van der Waals surface area contributed by atoms with Crippen molar-refractivity contribution in [1.82, 2.24) is 4.90 Å². The van der Waals surface area contributed by atoms with Crippen LogP contribution in [0.5, 0.6) is 0 Å². The first-order chi connectivity index (χ1) is 12.6. The topological polar surface area (TPSA) is 86.7 Å². The fourth-order valence-electron chi connectivity index (χ4n) is 3.59. The van der Waals surface area contributed by atoms with E-state index in [-0.39, 0.29) is 11.8 Å². The number of piperidine rings is 1. The van der Waals surface area contributed by atoms with Crippen LogP contribution in [0, 0.1) is 11.8 Å². The van der Waals surface area contributed by atoms with Crippen molar-refractivity contribution in [3.8, 4) is 0 Å². The van der Waals surface area contributed by atoms with Gasteiger partial charge in [0.25, 0.3) is 5.91 Å². The summed E-state index contributed by atoms with van der Waals surface area (Å²) in [5, 5.41) is 12.1. The molecule has 26 heavy (non-hydrogen) atoms. The van der Waals surface area contributed by atoms with Crippen molar-refractivity contribution in [3.05, 3.63) is 42.0 Å². The van der Waals surface area contributed by atoms with Crippen molar-refractivity contribution in [2.24, 2.45) is 11.8 Å². The Morgan fingerprint density at radius 1 is 0.923 bits per heavy atom. The van der Waals surface area contributed by atoms with Crippen molar-refractivity contribution >= 4 is 23.5 Å². The van der Waals surface area contributed by atoms with E-state index in [4.69, 9.17) is 0 Å². The van der Waals surface area contributed by atoms with Gasteiger partial charge in [0.15, 0.2) is 0 Å². The van der Waals surface area contributed by atoms with Gasteiger partial charge in [0.1, 0.15) is 0 Å². The van der Waals surface area contributed by atoms with Gasteiger partial charge in [0.05, 0.1) is 11.8 Å². The molecule has 0 unspecified atom stereocenters. The van der Waals surface area contributed by atoms with Gasteiger partial charge >= 0.3 is 5.97 Å². The molecular formula is C20H24N2O4. The smallest absolute Gasteiger partial charge is 0.307 e. The number of rotatable bonds is 4. The van der Waals surface area contributed by atoms with Gasteiger partial charge in [-0.15, -0.1) is 0 Å². The molecule has 2 amide bonds. The van der Waals surface area contributed by atoms with E-state index in [1.165, 1.54) is 6.42 Å². The Hall–Kier alpha value is -2.63. The van der Waals surface area contributed by atoms with E-state index in [0.29, 0.717) is 24.1 Å². The van der Waals surface area contributed by atoms with Gasteiger partial charge in [-0.2, -0.15) is 0 Å². The summed E-state index contributed by atoms with van der Waals surface area (Å²) in [6.07, 6.45) is 7.71. The number of benzene rings is 1. The van der Waals surface area contributed by atoms with Crippen molar-refractivity contribution in [2.75, 3.05) is 18.4 Å². The quantitative estimate of drug-likeness (QED) is 0.812. The Balaban J connectivity index is 1.63. The number of allylic oxidation sites excluding steroid dienone is 2. The molecule has 0 spiro atoms. The number of carbonyl (C=O) groups is 3.